The van der Waals surface area contributed by atoms with Gasteiger partial charge >= 0.3 is 0 Å². The summed E-state index contributed by atoms with van der Waals surface area (Å²) in [7, 11) is 0. The van der Waals surface area contributed by atoms with Gasteiger partial charge in [0.25, 0.3) is 0 Å². The van der Waals surface area contributed by atoms with Crippen LogP contribution in [0.2, 0.25) is 0 Å². The van der Waals surface area contributed by atoms with Crippen LogP contribution in [0.5, 0.6) is 0 Å². The highest BCUT2D eigenvalue weighted by Crippen LogP contribution is 2.47. The van der Waals surface area contributed by atoms with Gasteiger partial charge in [0.15, 0.2) is 11.5 Å². The average Bonchev–Trinajstić information content (AvgIpc) is 2.97. The molecule has 0 radical (unpaired) electrons. The normalized spacial score (nSPS) is 21.1. The number of allylic oxidation sites excluding steroid dienone is 1. The van der Waals surface area contributed by atoms with Gasteiger partial charge in [0, 0.05) is 28.2 Å². The summed E-state index contributed by atoms with van der Waals surface area (Å²) in [4.78, 5) is 14.6. The molecule has 2 N–H and O–H groups in total. The molecule has 1 aliphatic heterocycles. The lowest BCUT2D eigenvalue weighted by atomic mass is 9.89. The van der Waals surface area contributed by atoms with Crippen molar-refractivity contribution in [3.63, 3.8) is 0 Å². The Balaban J connectivity index is 1.94. The summed E-state index contributed by atoms with van der Waals surface area (Å²) in [5.41, 5.74) is 3.34. The summed E-state index contributed by atoms with van der Waals surface area (Å²) < 4.78 is 0. The van der Waals surface area contributed by atoms with Crippen molar-refractivity contribution >= 4 is 17.2 Å². The highest BCUT2D eigenvalue weighted by atomic mass is 16.3. The third-order valence-electron chi connectivity index (χ3n) is 5.71. The van der Waals surface area contributed by atoms with E-state index < -0.39 is 11.8 Å². The maximum atomic E-state index is 12.8. The fourth-order valence-corrected chi connectivity index (χ4v) is 4.31. The van der Waals surface area contributed by atoms with Crippen LogP contribution in [-0.4, -0.2) is 16.9 Å². The van der Waals surface area contributed by atoms with Crippen LogP contribution in [0.3, 0.4) is 0 Å². The van der Waals surface area contributed by atoms with Crippen LogP contribution in [-0.2, 0) is 10.5 Å². The molecule has 0 bridgehead atoms. The zero-order valence-corrected chi connectivity index (χ0v) is 17.5. The van der Waals surface area contributed by atoms with Crippen LogP contribution in [0.15, 0.2) is 96.2 Å². The maximum Gasteiger partial charge on any atom is 0.193 e. The summed E-state index contributed by atoms with van der Waals surface area (Å²) >= 11 is 0. The fraction of sp³-hybridized carbons (Fsp3) is 0.192. The Hall–Kier alpha value is -3.37. The molecule has 0 saturated carbocycles. The Morgan fingerprint density at radius 1 is 0.900 bits per heavy atom. The number of Topliss-reactive ketones (excluding diaryl/α,β-unsaturated/α-hetero) is 1. The van der Waals surface area contributed by atoms with Crippen LogP contribution in [0, 0.1) is 6.92 Å². The van der Waals surface area contributed by atoms with Gasteiger partial charge in [-0.25, -0.2) is 0 Å². The molecule has 4 heteroatoms. The van der Waals surface area contributed by atoms with Crippen LogP contribution in [0.4, 0.5) is 11.4 Å². The molecule has 0 aromatic heterocycles. The third kappa shape index (κ3) is 3.29. The predicted octanol–water partition coefficient (Wildman–Crippen LogP) is 5.00. The quantitative estimate of drug-likeness (QED) is 0.635. The Labute approximate surface area is 177 Å². The van der Waals surface area contributed by atoms with E-state index in [0.29, 0.717) is 5.57 Å². The maximum absolute atomic E-state index is 12.8. The van der Waals surface area contributed by atoms with E-state index in [1.54, 1.807) is 6.92 Å². The third-order valence-corrected chi connectivity index (χ3v) is 5.71. The molecule has 2 unspecified atom stereocenters. The Bertz CT molecular complexity index is 1080. The van der Waals surface area contributed by atoms with Gasteiger partial charge in [-0.1, -0.05) is 66.2 Å². The largest absolute Gasteiger partial charge is 0.373 e. The molecule has 3 aromatic carbocycles. The number of nitrogens with zero attached hydrogens (tertiary/aromatic N) is 1. The lowest BCUT2D eigenvalue weighted by Gasteiger charge is -2.41. The van der Waals surface area contributed by atoms with Gasteiger partial charge in [-0.05, 0) is 45.0 Å². The monoisotopic (exact) mass is 398 g/mol. The van der Waals surface area contributed by atoms with Crippen molar-refractivity contribution in [2.45, 2.75) is 32.5 Å². The number of hydrogen-bond donors (Lipinski definition) is 2. The van der Waals surface area contributed by atoms with Crippen molar-refractivity contribution in [3.8, 4) is 0 Å². The number of benzene rings is 3. The smallest absolute Gasteiger partial charge is 0.193 e. The van der Waals surface area contributed by atoms with Crippen molar-refractivity contribution in [1.82, 2.24) is 0 Å². The van der Waals surface area contributed by atoms with Crippen molar-refractivity contribution in [3.05, 3.63) is 107 Å². The van der Waals surface area contributed by atoms with Crippen molar-refractivity contribution in [1.29, 1.82) is 0 Å². The van der Waals surface area contributed by atoms with Crippen molar-refractivity contribution in [2.24, 2.45) is 0 Å². The number of nitrogens with one attached hydrogen (secondary N) is 1. The molecule has 1 aliphatic rings. The van der Waals surface area contributed by atoms with Crippen molar-refractivity contribution in [2.75, 3.05) is 10.2 Å². The lowest BCUT2D eigenvalue weighted by Crippen LogP contribution is -2.52. The molecule has 30 heavy (non-hydrogen) atoms. The van der Waals surface area contributed by atoms with Gasteiger partial charge in [-0.3, -0.25) is 4.79 Å². The molecular weight excluding hydrogens is 372 g/mol. The first-order valence-electron chi connectivity index (χ1n) is 10.1. The molecule has 0 saturated heterocycles. The lowest BCUT2D eigenvalue weighted by molar-refractivity contribution is -0.114. The van der Waals surface area contributed by atoms with Crippen LogP contribution < -0.4 is 10.2 Å². The number of aryl methyl sites for hydroxylation is 1. The molecular formula is C26H26N2O2. The number of anilines is 2. The topological polar surface area (TPSA) is 52.6 Å². The summed E-state index contributed by atoms with van der Waals surface area (Å²) in [5.74, 6) is -0.0649. The SMILES string of the molecule is CC(=O)C1=C(C)N(c2ccccc2)C(O)(c2ccc(C)cc2)C1Nc1ccccc1. The minimum atomic E-state index is -1.48. The molecule has 0 aliphatic carbocycles. The molecule has 152 valence electrons. The first-order valence-corrected chi connectivity index (χ1v) is 10.1. The number of carbonyl (C=O) groups excluding carboxylic acids is 1. The molecule has 0 spiro atoms. The summed E-state index contributed by atoms with van der Waals surface area (Å²) in [5, 5.41) is 15.8. The molecule has 0 fully saturated rings. The minimum Gasteiger partial charge on any atom is -0.373 e. The number of para-hydroxylation sites is 2. The first-order chi connectivity index (χ1) is 14.4. The van der Waals surface area contributed by atoms with Gasteiger partial charge < -0.3 is 15.3 Å². The Morgan fingerprint density at radius 2 is 1.47 bits per heavy atom. The number of aliphatic hydroxyl groups is 1. The molecule has 3 aromatic rings. The van der Waals surface area contributed by atoms with Gasteiger partial charge in [0.2, 0.25) is 0 Å². The number of hydrogen-bond acceptors (Lipinski definition) is 4. The highest BCUT2D eigenvalue weighted by molar-refractivity contribution is 5.98. The predicted molar refractivity (Wildman–Crippen MR) is 121 cm³/mol. The second-order valence-corrected chi connectivity index (χ2v) is 7.76. The van der Waals surface area contributed by atoms with E-state index in [9.17, 15) is 9.90 Å². The van der Waals surface area contributed by atoms with Crippen LogP contribution in [0.1, 0.15) is 25.0 Å². The first kappa shape index (κ1) is 19.9. The van der Waals surface area contributed by atoms with E-state index in [1.165, 1.54) is 0 Å². The molecule has 4 nitrogen and oxygen atoms in total. The van der Waals surface area contributed by atoms with Crippen LogP contribution in [0.25, 0.3) is 0 Å². The second kappa shape index (κ2) is 7.81. The average molecular weight is 399 g/mol. The summed E-state index contributed by atoms with van der Waals surface area (Å²) in [6.45, 7) is 5.47. The molecule has 2 atom stereocenters. The van der Waals surface area contributed by atoms with E-state index in [2.05, 4.69) is 5.32 Å². The number of rotatable bonds is 5. The van der Waals surface area contributed by atoms with Crippen LogP contribution >= 0.6 is 0 Å². The zero-order valence-electron chi connectivity index (χ0n) is 17.5. The number of carbonyl (C=O) groups is 1. The highest BCUT2D eigenvalue weighted by Gasteiger charge is 2.54. The summed E-state index contributed by atoms with van der Waals surface area (Å²) in [6.07, 6.45) is 0. The van der Waals surface area contributed by atoms with Gasteiger partial charge in [-0.15, -0.1) is 0 Å². The minimum absolute atomic E-state index is 0.0649. The van der Waals surface area contributed by atoms with Gasteiger partial charge in [0.1, 0.15) is 6.04 Å². The van der Waals surface area contributed by atoms with E-state index in [4.69, 9.17) is 0 Å². The Kier molecular flexibility index (Phi) is 5.18. The molecule has 1 heterocycles. The zero-order chi connectivity index (χ0) is 21.3. The van der Waals surface area contributed by atoms with E-state index in [0.717, 1.165) is 28.2 Å². The Morgan fingerprint density at radius 3 is 2.03 bits per heavy atom. The van der Waals surface area contributed by atoms with E-state index >= 15 is 0 Å². The number of ketones is 1. The van der Waals surface area contributed by atoms with Gasteiger partial charge in [0.05, 0.1) is 0 Å². The standard InChI is InChI=1S/C26H26N2O2/c1-18-14-16-21(17-15-18)26(30)25(27-22-10-6-4-7-11-22)24(20(3)29)19(2)28(26)23-12-8-5-9-13-23/h4-17,25,27,30H,1-3H3. The van der Waals surface area contributed by atoms with Gasteiger partial charge in [-0.2, -0.15) is 0 Å². The van der Waals surface area contributed by atoms with E-state index in [1.807, 2.05) is 104 Å². The molecule has 0 amide bonds. The summed E-state index contributed by atoms with van der Waals surface area (Å²) in [6, 6.07) is 26.6. The van der Waals surface area contributed by atoms with Crippen molar-refractivity contribution < 1.29 is 9.90 Å². The van der Waals surface area contributed by atoms with E-state index in [-0.39, 0.29) is 5.78 Å². The second-order valence-electron chi connectivity index (χ2n) is 7.76. The molecule has 4 rings (SSSR count). The fourth-order valence-electron chi connectivity index (χ4n) is 4.31.